The van der Waals surface area contributed by atoms with Gasteiger partial charge in [-0.1, -0.05) is 54.6 Å². The molecule has 1 aromatic heterocycles. The molecule has 0 bridgehead atoms. The summed E-state index contributed by atoms with van der Waals surface area (Å²) in [5, 5.41) is 20.9. The maximum absolute atomic E-state index is 13.8. The lowest BCUT2D eigenvalue weighted by molar-refractivity contribution is -0.385. The van der Waals surface area contributed by atoms with Gasteiger partial charge in [-0.05, 0) is 38.1 Å². The number of aryl methyl sites for hydroxylation is 1. The molecule has 0 aliphatic carbocycles. The standard InChI is InChI=1S/C27H23N5O4/c1-17-23(26(33)30(28-17)19-11-5-3-6-12-19)25(21-15-9-10-16-22(21)32(35)36)24-18(2)29-31(27(24)34)20-13-7-4-8-14-20/h3-16,23,25,29H,1-2H3/t23-,25-/m0/s1. The number of anilines is 1. The number of carbonyl (C=O) groups is 1. The third-order valence-electron chi connectivity index (χ3n) is 6.43. The van der Waals surface area contributed by atoms with E-state index in [4.69, 9.17) is 0 Å². The molecule has 0 unspecified atom stereocenters. The Morgan fingerprint density at radius 1 is 0.889 bits per heavy atom. The zero-order chi connectivity index (χ0) is 25.4. The summed E-state index contributed by atoms with van der Waals surface area (Å²) in [7, 11) is 0. The minimum absolute atomic E-state index is 0.160. The van der Waals surface area contributed by atoms with Crippen molar-refractivity contribution in [2.75, 3.05) is 5.01 Å². The normalized spacial score (nSPS) is 16.2. The molecule has 36 heavy (non-hydrogen) atoms. The number of aromatic amines is 1. The van der Waals surface area contributed by atoms with Crippen LogP contribution in [0, 0.1) is 23.0 Å². The highest BCUT2D eigenvalue weighted by Gasteiger charge is 2.45. The second kappa shape index (κ2) is 9.10. The van der Waals surface area contributed by atoms with Crippen molar-refractivity contribution in [2.24, 2.45) is 11.0 Å². The highest BCUT2D eigenvalue weighted by molar-refractivity contribution is 6.15. The number of hydrogen-bond donors (Lipinski definition) is 1. The maximum Gasteiger partial charge on any atom is 0.275 e. The minimum Gasteiger partial charge on any atom is -0.295 e. The summed E-state index contributed by atoms with van der Waals surface area (Å²) >= 11 is 0. The topological polar surface area (TPSA) is 114 Å². The molecule has 1 amide bonds. The molecular weight excluding hydrogens is 458 g/mol. The van der Waals surface area contributed by atoms with Crippen LogP contribution in [-0.2, 0) is 4.79 Å². The first kappa shape index (κ1) is 23.0. The molecule has 180 valence electrons. The van der Waals surface area contributed by atoms with Gasteiger partial charge in [-0.15, -0.1) is 0 Å². The zero-order valence-electron chi connectivity index (χ0n) is 19.7. The van der Waals surface area contributed by atoms with Crippen LogP contribution in [0.25, 0.3) is 5.69 Å². The zero-order valence-corrected chi connectivity index (χ0v) is 19.7. The second-order valence-electron chi connectivity index (χ2n) is 8.62. The SMILES string of the molecule is CC1=NN(c2ccccc2)C(=O)[C@@H]1[C@H](c1ccccc1[N+](=O)[O-])c1c(C)[nH]n(-c2ccccc2)c1=O. The second-order valence-corrected chi connectivity index (χ2v) is 8.62. The van der Waals surface area contributed by atoms with E-state index in [1.165, 1.54) is 15.8 Å². The molecule has 5 rings (SSSR count). The summed E-state index contributed by atoms with van der Waals surface area (Å²) in [6.45, 7) is 3.45. The number of nitrogens with zero attached hydrogens (tertiary/aromatic N) is 4. The highest BCUT2D eigenvalue weighted by Crippen LogP contribution is 2.41. The molecule has 9 nitrogen and oxygen atoms in total. The summed E-state index contributed by atoms with van der Waals surface area (Å²) in [4.78, 5) is 39.1. The van der Waals surface area contributed by atoms with Crippen LogP contribution >= 0.6 is 0 Å². The van der Waals surface area contributed by atoms with E-state index in [2.05, 4.69) is 10.2 Å². The van der Waals surface area contributed by atoms with E-state index in [-0.39, 0.29) is 28.3 Å². The number of carbonyl (C=O) groups excluding carboxylic acids is 1. The number of para-hydroxylation sites is 3. The van der Waals surface area contributed by atoms with Crippen LogP contribution in [0.15, 0.2) is 94.8 Å². The Morgan fingerprint density at radius 2 is 1.47 bits per heavy atom. The third-order valence-corrected chi connectivity index (χ3v) is 6.43. The maximum atomic E-state index is 13.8. The third kappa shape index (κ3) is 3.80. The van der Waals surface area contributed by atoms with Crippen molar-refractivity contribution in [3.63, 3.8) is 0 Å². The van der Waals surface area contributed by atoms with Gasteiger partial charge in [-0.2, -0.15) is 5.10 Å². The van der Waals surface area contributed by atoms with Gasteiger partial charge in [0.15, 0.2) is 0 Å². The summed E-state index contributed by atoms with van der Waals surface area (Å²) < 4.78 is 1.40. The molecular formula is C27H23N5O4. The Bertz CT molecular complexity index is 1540. The summed E-state index contributed by atoms with van der Waals surface area (Å²) in [6.07, 6.45) is 0. The molecule has 0 saturated carbocycles. The summed E-state index contributed by atoms with van der Waals surface area (Å²) in [5.41, 5.74) is 2.23. The number of rotatable bonds is 6. The number of nitro groups is 1. The fraction of sp³-hybridized carbons (Fsp3) is 0.148. The van der Waals surface area contributed by atoms with E-state index in [0.29, 0.717) is 22.8 Å². The van der Waals surface area contributed by atoms with E-state index in [1.54, 1.807) is 68.4 Å². The van der Waals surface area contributed by atoms with Crippen LogP contribution in [0.2, 0.25) is 0 Å². The van der Waals surface area contributed by atoms with Crippen molar-refractivity contribution in [1.29, 1.82) is 0 Å². The fourth-order valence-corrected chi connectivity index (χ4v) is 4.82. The lowest BCUT2D eigenvalue weighted by Gasteiger charge is -2.23. The lowest BCUT2D eigenvalue weighted by atomic mass is 9.77. The molecule has 1 N–H and O–H groups in total. The number of benzene rings is 3. The van der Waals surface area contributed by atoms with E-state index in [9.17, 15) is 19.7 Å². The Balaban J connectivity index is 1.72. The molecule has 2 atom stereocenters. The number of amides is 1. The molecule has 1 aliphatic rings. The number of nitrogens with one attached hydrogen (secondary N) is 1. The van der Waals surface area contributed by atoms with Gasteiger partial charge in [0, 0.05) is 34.5 Å². The summed E-state index contributed by atoms with van der Waals surface area (Å²) in [5.74, 6) is -2.18. The Hall–Kier alpha value is -4.79. The van der Waals surface area contributed by atoms with Crippen molar-refractivity contribution in [1.82, 2.24) is 9.78 Å². The van der Waals surface area contributed by atoms with Crippen LogP contribution in [0.3, 0.4) is 0 Å². The van der Waals surface area contributed by atoms with Crippen LogP contribution in [0.4, 0.5) is 11.4 Å². The van der Waals surface area contributed by atoms with E-state index < -0.39 is 16.8 Å². The lowest BCUT2D eigenvalue weighted by Crippen LogP contribution is -2.34. The van der Waals surface area contributed by atoms with Gasteiger partial charge >= 0.3 is 0 Å². The molecule has 0 spiro atoms. The number of H-pyrrole nitrogens is 1. The first-order valence-electron chi connectivity index (χ1n) is 11.4. The molecule has 9 heteroatoms. The Kier molecular flexibility index (Phi) is 5.81. The van der Waals surface area contributed by atoms with Gasteiger partial charge in [0.2, 0.25) is 0 Å². The first-order valence-corrected chi connectivity index (χ1v) is 11.4. The van der Waals surface area contributed by atoms with Crippen molar-refractivity contribution < 1.29 is 9.72 Å². The Labute approximate surface area is 206 Å². The van der Waals surface area contributed by atoms with Gasteiger partial charge in [-0.25, -0.2) is 9.69 Å². The number of hydrogen-bond acceptors (Lipinski definition) is 5. The van der Waals surface area contributed by atoms with Gasteiger partial charge in [0.25, 0.3) is 17.2 Å². The molecule has 3 aromatic carbocycles. The average molecular weight is 482 g/mol. The van der Waals surface area contributed by atoms with E-state index in [1.807, 2.05) is 24.3 Å². The van der Waals surface area contributed by atoms with Crippen LogP contribution < -0.4 is 10.6 Å². The average Bonchev–Trinajstić information content (AvgIpc) is 3.36. The largest absolute Gasteiger partial charge is 0.295 e. The smallest absolute Gasteiger partial charge is 0.275 e. The minimum atomic E-state index is -0.926. The predicted octanol–water partition coefficient (Wildman–Crippen LogP) is 4.55. The van der Waals surface area contributed by atoms with Crippen molar-refractivity contribution in [3.05, 3.63) is 122 Å². The van der Waals surface area contributed by atoms with Crippen LogP contribution in [-0.4, -0.2) is 26.3 Å². The number of hydrazone groups is 1. The van der Waals surface area contributed by atoms with Crippen LogP contribution in [0.5, 0.6) is 0 Å². The van der Waals surface area contributed by atoms with Gasteiger partial charge in [0.05, 0.1) is 22.2 Å². The van der Waals surface area contributed by atoms with Crippen molar-refractivity contribution >= 4 is 23.0 Å². The molecule has 0 saturated heterocycles. The monoisotopic (exact) mass is 481 g/mol. The number of aromatic nitrogens is 2. The van der Waals surface area contributed by atoms with Gasteiger partial charge in [-0.3, -0.25) is 24.8 Å². The molecule has 2 heterocycles. The van der Waals surface area contributed by atoms with Crippen molar-refractivity contribution in [2.45, 2.75) is 19.8 Å². The highest BCUT2D eigenvalue weighted by atomic mass is 16.6. The van der Waals surface area contributed by atoms with Crippen LogP contribution in [0.1, 0.15) is 29.7 Å². The molecule has 0 radical (unpaired) electrons. The Morgan fingerprint density at radius 3 is 2.11 bits per heavy atom. The van der Waals surface area contributed by atoms with Gasteiger partial charge < -0.3 is 0 Å². The quantitative estimate of drug-likeness (QED) is 0.321. The summed E-state index contributed by atoms with van der Waals surface area (Å²) in [6, 6.07) is 24.2. The molecule has 4 aromatic rings. The predicted molar refractivity (Wildman–Crippen MR) is 137 cm³/mol. The molecule has 1 aliphatic heterocycles. The van der Waals surface area contributed by atoms with Crippen molar-refractivity contribution in [3.8, 4) is 5.69 Å². The van der Waals surface area contributed by atoms with Gasteiger partial charge in [0.1, 0.15) is 0 Å². The fourth-order valence-electron chi connectivity index (χ4n) is 4.82. The number of nitro benzene ring substituents is 1. The molecule has 0 fully saturated rings. The first-order chi connectivity index (χ1) is 17.4. The van der Waals surface area contributed by atoms with E-state index in [0.717, 1.165) is 0 Å². The van der Waals surface area contributed by atoms with E-state index >= 15 is 0 Å².